The van der Waals surface area contributed by atoms with Crippen LogP contribution in [-0.2, 0) is 0 Å². The Morgan fingerprint density at radius 3 is 2.23 bits per heavy atom. The Kier molecular flexibility index (Phi) is 4.77. The predicted octanol–water partition coefficient (Wildman–Crippen LogP) is 3.67. The first-order valence-corrected chi connectivity index (χ1v) is 3.90. The molecule has 0 aromatic rings. The zero-order valence-electron chi connectivity index (χ0n) is 7.19. The highest BCUT2D eigenvalue weighted by Gasteiger charge is 2.31. The molecule has 74 valence electrons. The van der Waals surface area contributed by atoms with Gasteiger partial charge in [-0.05, 0) is 13.8 Å². The van der Waals surface area contributed by atoms with E-state index >= 15 is 0 Å². The summed E-state index contributed by atoms with van der Waals surface area (Å²) < 4.78 is 36.2. The van der Waals surface area contributed by atoms with Gasteiger partial charge in [0, 0.05) is 17.4 Å². The fourth-order valence-electron chi connectivity index (χ4n) is 0.511. The smallest absolute Gasteiger partial charge is 0.260 e. The molecule has 0 heterocycles. The number of alkyl halides is 3. The van der Waals surface area contributed by atoms with Crippen LogP contribution in [0.2, 0.25) is 0 Å². The zero-order valence-corrected chi connectivity index (χ0v) is 7.95. The first-order valence-electron chi connectivity index (χ1n) is 3.46. The van der Waals surface area contributed by atoms with Gasteiger partial charge in [-0.2, -0.15) is 13.2 Å². The molecule has 0 saturated heterocycles. The molecule has 0 aliphatic heterocycles. The second-order valence-electron chi connectivity index (χ2n) is 2.25. The summed E-state index contributed by atoms with van der Waals surface area (Å²) in [4.78, 5) is 3.50. The SMILES string of the molecule is C\C=C(/C=N\C(C)=C\Cl)C(F)(F)F. The van der Waals surface area contributed by atoms with Crippen LogP contribution in [0.5, 0.6) is 0 Å². The third-order valence-corrected chi connectivity index (χ3v) is 1.52. The van der Waals surface area contributed by atoms with Crippen LogP contribution in [0.4, 0.5) is 13.2 Å². The summed E-state index contributed by atoms with van der Waals surface area (Å²) in [5.41, 5.74) is 0.649. The average Bonchev–Trinajstić information content (AvgIpc) is 2.02. The van der Waals surface area contributed by atoms with Crippen molar-refractivity contribution in [1.82, 2.24) is 0 Å². The van der Waals surface area contributed by atoms with Gasteiger partial charge in [0.2, 0.25) is 0 Å². The van der Waals surface area contributed by atoms with Crippen molar-refractivity contribution in [1.29, 1.82) is 0 Å². The molecule has 0 aliphatic rings. The zero-order chi connectivity index (χ0) is 10.5. The van der Waals surface area contributed by atoms with E-state index in [1.54, 1.807) is 0 Å². The Hall–Kier alpha value is -0.770. The molecular weight excluding hydrogens is 203 g/mol. The highest BCUT2D eigenvalue weighted by atomic mass is 35.5. The number of allylic oxidation sites excluding steroid dienone is 3. The average molecular weight is 212 g/mol. The molecule has 0 saturated carbocycles. The molecule has 0 unspecified atom stereocenters. The molecule has 1 nitrogen and oxygen atoms in total. The van der Waals surface area contributed by atoms with Gasteiger partial charge in [-0.1, -0.05) is 17.7 Å². The van der Waals surface area contributed by atoms with Crippen molar-refractivity contribution in [2.24, 2.45) is 4.99 Å². The summed E-state index contributed by atoms with van der Waals surface area (Å²) in [6.45, 7) is 2.81. The molecule has 0 aromatic heterocycles. The van der Waals surface area contributed by atoms with E-state index in [9.17, 15) is 13.2 Å². The molecule has 5 heteroatoms. The summed E-state index contributed by atoms with van der Waals surface area (Å²) in [7, 11) is 0. The van der Waals surface area contributed by atoms with Crippen LogP contribution in [-0.4, -0.2) is 12.4 Å². The standard InChI is InChI=1S/C8H9ClF3N/c1-3-7(8(10,11)12)5-13-6(2)4-9/h3-5H,1-2H3/b6-4+,7-3+,13-5-. The summed E-state index contributed by atoms with van der Waals surface area (Å²) in [5.74, 6) is 0. The molecule has 13 heavy (non-hydrogen) atoms. The van der Waals surface area contributed by atoms with Crippen molar-refractivity contribution in [3.05, 3.63) is 22.9 Å². The van der Waals surface area contributed by atoms with Gasteiger partial charge >= 0.3 is 6.18 Å². The van der Waals surface area contributed by atoms with Crippen molar-refractivity contribution in [2.75, 3.05) is 0 Å². The lowest BCUT2D eigenvalue weighted by molar-refractivity contribution is -0.0857. The molecule has 0 spiro atoms. The lowest BCUT2D eigenvalue weighted by Gasteiger charge is -2.05. The van der Waals surface area contributed by atoms with Crippen molar-refractivity contribution < 1.29 is 13.2 Å². The minimum absolute atomic E-state index is 0.324. The number of nitrogens with zero attached hydrogens (tertiary/aromatic N) is 1. The van der Waals surface area contributed by atoms with Crippen molar-refractivity contribution in [2.45, 2.75) is 20.0 Å². The summed E-state index contributed by atoms with van der Waals surface area (Å²) in [6.07, 6.45) is -2.66. The number of hydrogen-bond donors (Lipinski definition) is 0. The molecule has 0 atom stereocenters. The van der Waals surface area contributed by atoms with E-state index in [-0.39, 0.29) is 0 Å². The summed E-state index contributed by atoms with van der Waals surface area (Å²) >= 11 is 5.22. The maximum atomic E-state index is 12.1. The van der Waals surface area contributed by atoms with E-state index in [1.165, 1.54) is 13.8 Å². The fourth-order valence-corrected chi connectivity index (χ4v) is 0.567. The minimum Gasteiger partial charge on any atom is -0.260 e. The molecule has 0 aromatic carbocycles. The second-order valence-corrected chi connectivity index (χ2v) is 2.47. The molecule has 0 N–H and O–H groups in total. The van der Waals surface area contributed by atoms with Gasteiger partial charge in [0.15, 0.2) is 0 Å². The lowest BCUT2D eigenvalue weighted by atomic mass is 10.3. The Balaban J connectivity index is 4.60. The van der Waals surface area contributed by atoms with Gasteiger partial charge in [0.05, 0.1) is 5.57 Å². The molecule has 0 bridgehead atoms. The minimum atomic E-state index is -4.36. The van der Waals surface area contributed by atoms with Gasteiger partial charge < -0.3 is 0 Å². The number of halogens is 4. The Bertz CT molecular complexity index is 251. The largest absolute Gasteiger partial charge is 0.417 e. The van der Waals surface area contributed by atoms with Gasteiger partial charge in [0.1, 0.15) is 0 Å². The molecule has 0 fully saturated rings. The summed E-state index contributed by atoms with van der Waals surface area (Å²) in [5, 5.41) is 0. The van der Waals surface area contributed by atoms with Crippen LogP contribution < -0.4 is 0 Å². The maximum Gasteiger partial charge on any atom is 0.417 e. The van der Waals surface area contributed by atoms with E-state index in [1.807, 2.05) is 0 Å². The van der Waals surface area contributed by atoms with E-state index in [0.717, 1.165) is 17.8 Å². The normalized spacial score (nSPS) is 15.5. The second kappa shape index (κ2) is 5.07. The van der Waals surface area contributed by atoms with E-state index < -0.39 is 11.7 Å². The first-order chi connectivity index (χ1) is 5.91. The van der Waals surface area contributed by atoms with Crippen LogP contribution in [0, 0.1) is 0 Å². The Morgan fingerprint density at radius 2 is 1.92 bits per heavy atom. The van der Waals surface area contributed by atoms with Gasteiger partial charge in [-0.15, -0.1) is 0 Å². The number of aliphatic imine (C=N–C) groups is 1. The maximum absolute atomic E-state index is 12.1. The Labute approximate surface area is 79.6 Å². The predicted molar refractivity (Wildman–Crippen MR) is 47.9 cm³/mol. The molecule has 0 rings (SSSR count). The van der Waals surface area contributed by atoms with Gasteiger partial charge in [-0.3, -0.25) is 4.99 Å². The van der Waals surface area contributed by atoms with Crippen LogP contribution in [0.15, 0.2) is 27.9 Å². The van der Waals surface area contributed by atoms with Crippen LogP contribution in [0.3, 0.4) is 0 Å². The summed E-state index contributed by atoms with van der Waals surface area (Å²) in [6, 6.07) is 0. The monoisotopic (exact) mass is 211 g/mol. The van der Waals surface area contributed by atoms with Gasteiger partial charge in [0.25, 0.3) is 0 Å². The third-order valence-electron chi connectivity index (χ3n) is 1.20. The van der Waals surface area contributed by atoms with Crippen LogP contribution in [0.1, 0.15) is 13.8 Å². The van der Waals surface area contributed by atoms with Crippen molar-refractivity contribution in [3.8, 4) is 0 Å². The number of hydrogen-bond acceptors (Lipinski definition) is 1. The van der Waals surface area contributed by atoms with E-state index in [2.05, 4.69) is 4.99 Å². The van der Waals surface area contributed by atoms with Crippen LogP contribution in [0.25, 0.3) is 0 Å². The quantitative estimate of drug-likeness (QED) is 0.618. The highest BCUT2D eigenvalue weighted by Crippen LogP contribution is 2.24. The van der Waals surface area contributed by atoms with Gasteiger partial charge in [-0.25, -0.2) is 0 Å². The molecule has 0 amide bonds. The molecule has 0 radical (unpaired) electrons. The topological polar surface area (TPSA) is 12.4 Å². The van der Waals surface area contributed by atoms with E-state index in [0.29, 0.717) is 5.70 Å². The van der Waals surface area contributed by atoms with Crippen molar-refractivity contribution in [3.63, 3.8) is 0 Å². The Morgan fingerprint density at radius 1 is 1.38 bits per heavy atom. The van der Waals surface area contributed by atoms with Crippen molar-refractivity contribution >= 4 is 17.8 Å². The van der Waals surface area contributed by atoms with E-state index in [4.69, 9.17) is 11.6 Å². The molecular formula is C8H9ClF3N. The molecule has 0 aliphatic carbocycles. The first kappa shape index (κ1) is 12.2. The lowest BCUT2D eigenvalue weighted by Crippen LogP contribution is -2.12. The third kappa shape index (κ3) is 4.72. The fraction of sp³-hybridized carbons (Fsp3) is 0.375. The van der Waals surface area contributed by atoms with Crippen LogP contribution >= 0.6 is 11.6 Å². The number of rotatable bonds is 2. The highest BCUT2D eigenvalue weighted by molar-refractivity contribution is 6.25.